The van der Waals surface area contributed by atoms with Crippen LogP contribution < -0.4 is 4.74 Å². The maximum Gasteiger partial charge on any atom is 0.261 e. The number of benzene rings is 3. The molecule has 0 bridgehead atoms. The van der Waals surface area contributed by atoms with Gasteiger partial charge in [-0.15, -0.1) is 0 Å². The van der Waals surface area contributed by atoms with E-state index < -0.39 is 0 Å². The summed E-state index contributed by atoms with van der Waals surface area (Å²) in [5.74, 6) is 0.0425. The van der Waals surface area contributed by atoms with E-state index >= 15 is 0 Å². The quantitative estimate of drug-likeness (QED) is 0.274. The zero-order chi connectivity index (χ0) is 24.5. The third-order valence-corrected chi connectivity index (χ3v) is 6.67. The van der Waals surface area contributed by atoms with E-state index in [0.29, 0.717) is 38.0 Å². The predicted octanol–water partition coefficient (Wildman–Crippen LogP) is 6.74. The number of carbonyl (C=O) groups excluding carboxylic acids is 2. The number of carbonyl (C=O) groups is 2. The second kappa shape index (κ2) is 9.53. The molecule has 1 aliphatic rings. The van der Waals surface area contributed by atoms with Gasteiger partial charge in [0.05, 0.1) is 16.1 Å². The fourth-order valence-electron chi connectivity index (χ4n) is 4.05. The minimum atomic E-state index is -0.300. The molecule has 35 heavy (non-hydrogen) atoms. The van der Waals surface area contributed by atoms with Gasteiger partial charge in [0.25, 0.3) is 11.8 Å². The zero-order valence-electron chi connectivity index (χ0n) is 18.8. The van der Waals surface area contributed by atoms with Gasteiger partial charge in [0.2, 0.25) is 0 Å². The van der Waals surface area contributed by atoms with E-state index in [1.807, 2.05) is 37.3 Å². The van der Waals surface area contributed by atoms with E-state index in [1.165, 1.54) is 4.90 Å². The molecule has 2 amide bonds. The Morgan fingerprint density at radius 1 is 0.914 bits per heavy atom. The summed E-state index contributed by atoms with van der Waals surface area (Å²) < 4.78 is 6.07. The van der Waals surface area contributed by atoms with Gasteiger partial charge in [-0.2, -0.15) is 0 Å². The average molecular weight is 503 g/mol. The Morgan fingerprint density at radius 2 is 1.66 bits per heavy atom. The zero-order valence-corrected chi connectivity index (χ0v) is 20.3. The molecule has 0 fully saturated rings. The number of halogens is 2. The molecule has 0 radical (unpaired) electrons. The predicted molar refractivity (Wildman–Crippen MR) is 138 cm³/mol. The van der Waals surface area contributed by atoms with Crippen molar-refractivity contribution in [3.8, 4) is 5.75 Å². The highest BCUT2D eigenvalue weighted by molar-refractivity contribution is 6.37. The number of hydrogen-bond acceptors (Lipinski definition) is 4. The monoisotopic (exact) mass is 502 g/mol. The summed E-state index contributed by atoms with van der Waals surface area (Å²) in [6, 6.07) is 20.1. The highest BCUT2D eigenvalue weighted by Gasteiger charge is 2.34. The van der Waals surface area contributed by atoms with Crippen molar-refractivity contribution in [2.24, 2.45) is 0 Å². The molecule has 7 heteroatoms. The summed E-state index contributed by atoms with van der Waals surface area (Å²) in [5.41, 5.74) is 3.87. The normalized spacial score (nSPS) is 13.2. The van der Waals surface area contributed by atoms with E-state index in [2.05, 4.69) is 4.98 Å². The van der Waals surface area contributed by atoms with Crippen molar-refractivity contribution in [3.63, 3.8) is 0 Å². The highest BCUT2D eigenvalue weighted by Crippen LogP contribution is 2.32. The van der Waals surface area contributed by atoms with Crippen molar-refractivity contribution in [1.82, 2.24) is 9.88 Å². The molecular weight excluding hydrogens is 483 g/mol. The van der Waals surface area contributed by atoms with Gasteiger partial charge in [-0.3, -0.25) is 14.5 Å². The summed E-state index contributed by atoms with van der Waals surface area (Å²) in [5, 5.41) is 1.91. The fourth-order valence-corrected chi connectivity index (χ4v) is 4.59. The Kier molecular flexibility index (Phi) is 6.29. The number of aromatic nitrogens is 1. The lowest BCUT2D eigenvalue weighted by atomic mass is 10.1. The van der Waals surface area contributed by atoms with Crippen LogP contribution >= 0.6 is 23.2 Å². The number of imide groups is 1. The first-order valence-electron chi connectivity index (χ1n) is 11.0. The molecule has 1 aliphatic heterocycles. The van der Waals surface area contributed by atoms with Crippen LogP contribution in [0.2, 0.25) is 10.0 Å². The summed E-state index contributed by atoms with van der Waals surface area (Å²) in [4.78, 5) is 30.9. The minimum Gasteiger partial charge on any atom is -0.487 e. The van der Waals surface area contributed by atoms with Gasteiger partial charge in [0.15, 0.2) is 0 Å². The molecular formula is C28H20Cl2N2O3. The summed E-state index contributed by atoms with van der Waals surface area (Å²) in [7, 11) is 0. The van der Waals surface area contributed by atoms with Crippen LogP contribution in [0.15, 0.2) is 72.8 Å². The molecule has 5 rings (SSSR count). The van der Waals surface area contributed by atoms with Crippen molar-refractivity contribution < 1.29 is 14.3 Å². The van der Waals surface area contributed by atoms with Crippen LogP contribution in [0, 0.1) is 6.92 Å². The SMILES string of the molecule is Cc1ccc2cccc(OCc3c(Cl)ccc(/C=C\CN4C(=O)c5ccccc5C4=O)c3Cl)c2n1. The lowest BCUT2D eigenvalue weighted by Gasteiger charge is -2.13. The van der Waals surface area contributed by atoms with Crippen molar-refractivity contribution in [2.45, 2.75) is 13.5 Å². The van der Waals surface area contributed by atoms with Gasteiger partial charge in [-0.25, -0.2) is 4.98 Å². The molecule has 5 nitrogen and oxygen atoms in total. The van der Waals surface area contributed by atoms with Crippen LogP contribution in [0.3, 0.4) is 0 Å². The molecule has 0 unspecified atom stereocenters. The first-order valence-corrected chi connectivity index (χ1v) is 11.8. The van der Waals surface area contributed by atoms with Gasteiger partial charge < -0.3 is 4.74 Å². The topological polar surface area (TPSA) is 59.5 Å². The number of aryl methyl sites for hydroxylation is 1. The molecule has 0 spiro atoms. The first-order chi connectivity index (χ1) is 16.9. The van der Waals surface area contributed by atoms with Crippen molar-refractivity contribution >= 4 is 52.0 Å². The Hall–Kier alpha value is -3.67. The smallest absolute Gasteiger partial charge is 0.261 e. The van der Waals surface area contributed by atoms with Crippen molar-refractivity contribution in [2.75, 3.05) is 6.54 Å². The molecule has 174 valence electrons. The van der Waals surface area contributed by atoms with E-state index in [1.54, 1.807) is 48.6 Å². The lowest BCUT2D eigenvalue weighted by molar-refractivity contribution is 0.0672. The van der Waals surface area contributed by atoms with E-state index in [9.17, 15) is 9.59 Å². The van der Waals surface area contributed by atoms with Crippen LogP contribution in [-0.2, 0) is 6.61 Å². The third-order valence-electron chi connectivity index (χ3n) is 5.87. The van der Waals surface area contributed by atoms with Crippen LogP contribution in [0.25, 0.3) is 17.0 Å². The van der Waals surface area contributed by atoms with Gasteiger partial charge in [0, 0.05) is 28.2 Å². The van der Waals surface area contributed by atoms with Gasteiger partial charge in [-0.1, -0.05) is 71.8 Å². The van der Waals surface area contributed by atoms with Gasteiger partial charge in [-0.05, 0) is 42.8 Å². The van der Waals surface area contributed by atoms with Crippen LogP contribution in [0.1, 0.15) is 37.5 Å². The number of amides is 2. The Balaban J connectivity index is 1.34. The summed E-state index contributed by atoms with van der Waals surface area (Å²) >= 11 is 13.1. The van der Waals surface area contributed by atoms with E-state index in [4.69, 9.17) is 27.9 Å². The van der Waals surface area contributed by atoms with Crippen molar-refractivity contribution in [1.29, 1.82) is 0 Å². The van der Waals surface area contributed by atoms with Crippen LogP contribution in [0.4, 0.5) is 0 Å². The average Bonchev–Trinajstić information content (AvgIpc) is 3.10. The summed E-state index contributed by atoms with van der Waals surface area (Å²) in [6.45, 7) is 2.23. The van der Waals surface area contributed by atoms with E-state index in [0.717, 1.165) is 16.6 Å². The number of hydrogen-bond donors (Lipinski definition) is 0. The Morgan fingerprint density at radius 3 is 2.40 bits per heavy atom. The molecule has 0 atom stereocenters. The van der Waals surface area contributed by atoms with Crippen LogP contribution in [0.5, 0.6) is 5.75 Å². The standard InChI is InChI=1S/C28H20Cl2N2O3/c1-17-11-12-19-6-4-10-24(26(19)31-17)35-16-22-23(29)14-13-18(25(22)30)7-5-15-32-27(33)20-8-2-3-9-21(20)28(32)34/h2-14H,15-16H2,1H3/b7-5-. The number of pyridine rings is 1. The highest BCUT2D eigenvalue weighted by atomic mass is 35.5. The Labute approximate surface area is 212 Å². The molecule has 0 saturated carbocycles. The number of fused-ring (bicyclic) bond motifs is 2. The molecule has 1 aromatic heterocycles. The third kappa shape index (κ3) is 4.41. The molecule has 0 aliphatic carbocycles. The van der Waals surface area contributed by atoms with Gasteiger partial charge >= 0.3 is 0 Å². The van der Waals surface area contributed by atoms with Crippen LogP contribution in [-0.4, -0.2) is 28.2 Å². The maximum atomic E-state index is 12.6. The van der Waals surface area contributed by atoms with Gasteiger partial charge in [0.1, 0.15) is 17.9 Å². The Bertz CT molecular complexity index is 1480. The molecule has 0 N–H and O–H groups in total. The van der Waals surface area contributed by atoms with Crippen molar-refractivity contribution in [3.05, 3.63) is 111 Å². The largest absolute Gasteiger partial charge is 0.487 e. The molecule has 0 saturated heterocycles. The first kappa shape index (κ1) is 23.1. The number of nitrogens with zero attached hydrogens (tertiary/aromatic N) is 2. The number of ether oxygens (including phenoxy) is 1. The molecule has 4 aromatic rings. The molecule has 3 aromatic carbocycles. The molecule has 2 heterocycles. The number of para-hydroxylation sites is 1. The second-order valence-electron chi connectivity index (χ2n) is 8.17. The second-order valence-corrected chi connectivity index (χ2v) is 8.95. The number of rotatable bonds is 6. The minimum absolute atomic E-state index is 0.137. The maximum absolute atomic E-state index is 12.6. The fraction of sp³-hybridized carbons (Fsp3) is 0.107. The summed E-state index contributed by atoms with van der Waals surface area (Å²) in [6.07, 6.45) is 3.51. The lowest BCUT2D eigenvalue weighted by Crippen LogP contribution is -2.29. The van der Waals surface area contributed by atoms with E-state index in [-0.39, 0.29) is 25.0 Å².